The van der Waals surface area contributed by atoms with Gasteiger partial charge in [0, 0.05) is 6.04 Å². The number of nitrogens with zero attached hydrogens (tertiary/aromatic N) is 1. The molecule has 0 bridgehead atoms. The third kappa shape index (κ3) is 3.82. The molecule has 0 saturated heterocycles. The van der Waals surface area contributed by atoms with E-state index >= 15 is 0 Å². The molecular formula is C12H25NO2. The molecule has 0 fully saturated rings. The summed E-state index contributed by atoms with van der Waals surface area (Å²) in [6, 6.07) is -0.166. The molecule has 0 radical (unpaired) electrons. The largest absolute Gasteiger partial charge is 0.480 e. The predicted octanol–water partition coefficient (Wildman–Crippen LogP) is 2.46. The second kappa shape index (κ2) is 4.97. The van der Waals surface area contributed by atoms with Gasteiger partial charge in [0.2, 0.25) is 0 Å². The molecule has 0 heterocycles. The SMILES string of the molecule is CC(C)C(C(=O)O)N(C)C(C)C(C)(C)C. The van der Waals surface area contributed by atoms with Gasteiger partial charge in [0.1, 0.15) is 6.04 Å². The number of carboxylic acid groups (broad SMARTS) is 1. The van der Waals surface area contributed by atoms with Crippen LogP contribution >= 0.6 is 0 Å². The standard InChI is InChI=1S/C12H25NO2/c1-8(2)10(11(14)15)13(7)9(3)12(4,5)6/h8-10H,1-7H3,(H,14,15). The fourth-order valence-electron chi connectivity index (χ4n) is 1.78. The van der Waals surface area contributed by atoms with E-state index in [4.69, 9.17) is 0 Å². The average molecular weight is 215 g/mol. The Morgan fingerprint density at radius 1 is 1.20 bits per heavy atom. The molecule has 15 heavy (non-hydrogen) atoms. The fourth-order valence-corrected chi connectivity index (χ4v) is 1.78. The molecule has 0 aliphatic rings. The van der Waals surface area contributed by atoms with E-state index in [2.05, 4.69) is 27.7 Å². The van der Waals surface area contributed by atoms with Gasteiger partial charge in [-0.1, -0.05) is 34.6 Å². The monoisotopic (exact) mass is 215 g/mol. The van der Waals surface area contributed by atoms with Gasteiger partial charge in [-0.05, 0) is 25.3 Å². The summed E-state index contributed by atoms with van der Waals surface area (Å²) in [5.41, 5.74) is 0.0946. The van der Waals surface area contributed by atoms with Crippen LogP contribution in [0.4, 0.5) is 0 Å². The normalized spacial score (nSPS) is 16.9. The Labute approximate surface area is 93.5 Å². The number of hydrogen-bond acceptors (Lipinski definition) is 2. The number of carboxylic acids is 1. The summed E-state index contributed by atoms with van der Waals surface area (Å²) >= 11 is 0. The molecule has 90 valence electrons. The van der Waals surface area contributed by atoms with Crippen molar-refractivity contribution in [1.29, 1.82) is 0 Å². The lowest BCUT2D eigenvalue weighted by atomic mass is 9.85. The third-order valence-electron chi connectivity index (χ3n) is 3.19. The summed E-state index contributed by atoms with van der Waals surface area (Å²) in [6.07, 6.45) is 0. The van der Waals surface area contributed by atoms with Crippen molar-refractivity contribution in [3.8, 4) is 0 Å². The Morgan fingerprint density at radius 2 is 1.60 bits per heavy atom. The van der Waals surface area contributed by atoms with Crippen LogP contribution in [0.3, 0.4) is 0 Å². The molecule has 0 aliphatic carbocycles. The quantitative estimate of drug-likeness (QED) is 0.783. The van der Waals surface area contributed by atoms with Gasteiger partial charge in [-0.3, -0.25) is 9.69 Å². The number of carbonyl (C=O) groups is 1. The maximum atomic E-state index is 11.2. The first kappa shape index (κ1) is 14.4. The van der Waals surface area contributed by atoms with Crippen LogP contribution in [0, 0.1) is 11.3 Å². The molecule has 1 N–H and O–H groups in total. The molecule has 0 aromatic carbocycles. The lowest BCUT2D eigenvalue weighted by molar-refractivity contribution is -0.146. The summed E-state index contributed by atoms with van der Waals surface area (Å²) in [6.45, 7) is 12.4. The van der Waals surface area contributed by atoms with Crippen molar-refractivity contribution < 1.29 is 9.90 Å². The minimum Gasteiger partial charge on any atom is -0.480 e. The first-order valence-electron chi connectivity index (χ1n) is 5.53. The minimum atomic E-state index is -0.733. The van der Waals surface area contributed by atoms with Gasteiger partial charge in [-0.15, -0.1) is 0 Å². The van der Waals surface area contributed by atoms with E-state index in [1.165, 1.54) is 0 Å². The van der Waals surface area contributed by atoms with Gasteiger partial charge in [-0.2, -0.15) is 0 Å². The van der Waals surface area contributed by atoms with Crippen molar-refractivity contribution in [3.05, 3.63) is 0 Å². The van der Waals surface area contributed by atoms with Crippen LogP contribution in [0.15, 0.2) is 0 Å². The van der Waals surface area contributed by atoms with Crippen molar-refractivity contribution in [2.45, 2.75) is 53.6 Å². The van der Waals surface area contributed by atoms with Crippen LogP contribution in [0.5, 0.6) is 0 Å². The molecule has 0 amide bonds. The van der Waals surface area contributed by atoms with Crippen LogP contribution in [0.2, 0.25) is 0 Å². The third-order valence-corrected chi connectivity index (χ3v) is 3.19. The second-order valence-corrected chi connectivity index (χ2v) is 5.73. The Balaban J connectivity index is 4.79. The molecule has 2 unspecified atom stereocenters. The Bertz CT molecular complexity index is 218. The van der Waals surface area contributed by atoms with Gasteiger partial charge in [0.05, 0.1) is 0 Å². The second-order valence-electron chi connectivity index (χ2n) is 5.73. The highest BCUT2D eigenvalue weighted by atomic mass is 16.4. The first-order valence-corrected chi connectivity index (χ1v) is 5.53. The van der Waals surface area contributed by atoms with Gasteiger partial charge in [0.15, 0.2) is 0 Å². The van der Waals surface area contributed by atoms with E-state index in [1.54, 1.807) is 0 Å². The van der Waals surface area contributed by atoms with Crippen LogP contribution in [0.1, 0.15) is 41.5 Å². The molecular weight excluding hydrogens is 190 g/mol. The van der Waals surface area contributed by atoms with E-state index in [1.807, 2.05) is 25.8 Å². The highest BCUT2D eigenvalue weighted by Gasteiger charge is 2.33. The van der Waals surface area contributed by atoms with E-state index in [-0.39, 0.29) is 17.4 Å². The summed E-state index contributed by atoms with van der Waals surface area (Å²) in [7, 11) is 1.90. The van der Waals surface area contributed by atoms with Crippen LogP contribution in [-0.2, 0) is 4.79 Å². The number of rotatable bonds is 4. The first-order chi connectivity index (χ1) is 6.59. The molecule has 0 rings (SSSR count). The van der Waals surface area contributed by atoms with Crippen molar-refractivity contribution in [3.63, 3.8) is 0 Å². The topological polar surface area (TPSA) is 40.5 Å². The molecule has 0 aromatic rings. The van der Waals surface area contributed by atoms with Crippen LogP contribution in [-0.4, -0.2) is 35.1 Å². The van der Waals surface area contributed by atoms with Crippen molar-refractivity contribution in [2.75, 3.05) is 7.05 Å². The van der Waals surface area contributed by atoms with Crippen molar-refractivity contribution in [2.24, 2.45) is 11.3 Å². The Kier molecular flexibility index (Phi) is 4.78. The highest BCUT2D eigenvalue weighted by molar-refractivity contribution is 5.73. The lowest BCUT2D eigenvalue weighted by Crippen LogP contribution is -2.50. The molecule has 0 aliphatic heterocycles. The summed E-state index contributed by atoms with van der Waals surface area (Å²) in [4.78, 5) is 13.1. The zero-order chi connectivity index (χ0) is 12.4. The molecule has 3 heteroatoms. The highest BCUT2D eigenvalue weighted by Crippen LogP contribution is 2.26. The van der Waals surface area contributed by atoms with Crippen molar-refractivity contribution >= 4 is 5.97 Å². The van der Waals surface area contributed by atoms with Crippen molar-refractivity contribution in [1.82, 2.24) is 4.90 Å². The van der Waals surface area contributed by atoms with Gasteiger partial charge >= 0.3 is 5.97 Å². The minimum absolute atomic E-state index is 0.0946. The number of aliphatic carboxylic acids is 1. The van der Waals surface area contributed by atoms with Crippen LogP contribution in [0.25, 0.3) is 0 Å². The number of hydrogen-bond donors (Lipinski definition) is 1. The lowest BCUT2D eigenvalue weighted by Gasteiger charge is -2.39. The number of likely N-dealkylation sites (N-methyl/N-ethyl adjacent to an activating group) is 1. The fraction of sp³-hybridized carbons (Fsp3) is 0.917. The van der Waals surface area contributed by atoms with Gasteiger partial charge < -0.3 is 5.11 Å². The molecule has 0 spiro atoms. The van der Waals surface area contributed by atoms with E-state index in [0.29, 0.717) is 0 Å². The maximum absolute atomic E-state index is 11.2. The van der Waals surface area contributed by atoms with Gasteiger partial charge in [-0.25, -0.2) is 0 Å². The van der Waals surface area contributed by atoms with E-state index in [9.17, 15) is 9.90 Å². The van der Waals surface area contributed by atoms with Crippen LogP contribution < -0.4 is 0 Å². The van der Waals surface area contributed by atoms with E-state index < -0.39 is 12.0 Å². The molecule has 3 nitrogen and oxygen atoms in total. The Morgan fingerprint density at radius 3 is 1.80 bits per heavy atom. The summed E-state index contributed by atoms with van der Waals surface area (Å²) in [5.74, 6) is -0.610. The molecule has 2 atom stereocenters. The maximum Gasteiger partial charge on any atom is 0.321 e. The average Bonchev–Trinajstić information content (AvgIpc) is 1.99. The van der Waals surface area contributed by atoms with E-state index in [0.717, 1.165) is 0 Å². The summed E-state index contributed by atoms with van der Waals surface area (Å²) in [5, 5.41) is 9.19. The smallest absolute Gasteiger partial charge is 0.321 e. The zero-order valence-corrected chi connectivity index (χ0v) is 11.0. The Hall–Kier alpha value is -0.570. The molecule has 0 saturated carbocycles. The molecule has 0 aromatic heterocycles. The predicted molar refractivity (Wildman–Crippen MR) is 62.9 cm³/mol. The van der Waals surface area contributed by atoms with Gasteiger partial charge in [0.25, 0.3) is 0 Å². The zero-order valence-electron chi connectivity index (χ0n) is 11.0. The summed E-state index contributed by atoms with van der Waals surface area (Å²) < 4.78 is 0.